The minimum Gasteiger partial charge on any atom is -0.332 e. The third-order valence-corrected chi connectivity index (χ3v) is 5.45. The molecule has 0 unspecified atom stereocenters. The monoisotopic (exact) mass is 434 g/mol. The summed E-state index contributed by atoms with van der Waals surface area (Å²) in [7, 11) is 0. The van der Waals surface area contributed by atoms with Gasteiger partial charge in [0.25, 0.3) is 0 Å². The summed E-state index contributed by atoms with van der Waals surface area (Å²) < 4.78 is 0. The smallest absolute Gasteiger partial charge is 0.226 e. The van der Waals surface area contributed by atoms with Crippen LogP contribution in [0, 0.1) is 0 Å². The van der Waals surface area contributed by atoms with Crippen molar-refractivity contribution in [2.24, 2.45) is 0 Å². The van der Waals surface area contributed by atoms with Crippen LogP contribution in [0.1, 0.15) is 6.42 Å². The number of hydrogen-bond acceptors (Lipinski definition) is 4. The molecule has 0 spiro atoms. The first-order valence-corrected chi connectivity index (χ1v) is 10.8. The summed E-state index contributed by atoms with van der Waals surface area (Å²) in [6.07, 6.45) is 1.85. The van der Waals surface area contributed by atoms with Gasteiger partial charge in [0.2, 0.25) is 5.91 Å². The van der Waals surface area contributed by atoms with E-state index < -0.39 is 0 Å². The Bertz CT molecular complexity index is 1060. The van der Waals surface area contributed by atoms with Crippen molar-refractivity contribution in [2.75, 3.05) is 11.1 Å². The average molecular weight is 435 g/mol. The number of aromatic nitrogens is 3. The van der Waals surface area contributed by atoms with Gasteiger partial charge in [-0.25, -0.2) is 9.97 Å². The molecule has 0 radical (unpaired) electrons. The molecule has 0 saturated heterocycles. The molecule has 0 atom stereocenters. The molecule has 0 saturated carbocycles. The Morgan fingerprint density at radius 1 is 0.967 bits per heavy atom. The number of halogens is 1. The fourth-order valence-corrected chi connectivity index (χ4v) is 3.86. The average Bonchev–Trinajstić information content (AvgIpc) is 3.21. The van der Waals surface area contributed by atoms with Crippen molar-refractivity contribution in [3.8, 4) is 22.5 Å². The summed E-state index contributed by atoms with van der Waals surface area (Å²) in [5.41, 5.74) is 3.99. The maximum Gasteiger partial charge on any atom is 0.226 e. The Kier molecular flexibility index (Phi) is 6.47. The van der Waals surface area contributed by atoms with Crippen LogP contribution < -0.4 is 5.32 Å². The molecule has 7 heteroatoms. The highest BCUT2D eigenvalue weighted by atomic mass is 35.5. The third-order valence-electron chi connectivity index (χ3n) is 4.35. The number of carbonyl (C=O) groups excluding carboxylic acids is 1. The summed E-state index contributed by atoms with van der Waals surface area (Å²) >= 11 is 7.33. The van der Waals surface area contributed by atoms with Gasteiger partial charge in [-0.2, -0.15) is 0 Å². The lowest BCUT2D eigenvalue weighted by atomic mass is 10.1. The van der Waals surface area contributed by atoms with E-state index in [0.29, 0.717) is 23.0 Å². The van der Waals surface area contributed by atoms with Gasteiger partial charge in [0.05, 0.1) is 16.4 Å². The van der Waals surface area contributed by atoms with E-state index in [0.717, 1.165) is 27.7 Å². The van der Waals surface area contributed by atoms with Crippen LogP contribution >= 0.6 is 23.4 Å². The van der Waals surface area contributed by atoms with Crippen molar-refractivity contribution in [3.05, 3.63) is 84.0 Å². The van der Waals surface area contributed by atoms with Crippen molar-refractivity contribution in [3.63, 3.8) is 0 Å². The Morgan fingerprint density at radius 3 is 2.33 bits per heavy atom. The second-order valence-corrected chi connectivity index (χ2v) is 8.03. The first-order valence-electron chi connectivity index (χ1n) is 9.44. The van der Waals surface area contributed by atoms with Gasteiger partial charge in [-0.05, 0) is 12.1 Å². The number of anilines is 1. The number of amides is 1. The molecule has 0 aliphatic heterocycles. The van der Waals surface area contributed by atoms with E-state index in [-0.39, 0.29) is 5.91 Å². The highest BCUT2D eigenvalue weighted by molar-refractivity contribution is 7.99. The normalized spacial score (nSPS) is 10.7. The van der Waals surface area contributed by atoms with Crippen LogP contribution in [0.4, 0.5) is 5.82 Å². The van der Waals surface area contributed by atoms with Gasteiger partial charge >= 0.3 is 0 Å². The highest BCUT2D eigenvalue weighted by Gasteiger charge is 2.14. The molecule has 2 aromatic heterocycles. The number of nitrogens with one attached hydrogen (secondary N) is 2. The summed E-state index contributed by atoms with van der Waals surface area (Å²) in [5.74, 6) is 0.982. The second kappa shape index (κ2) is 9.61. The number of carbonyl (C=O) groups is 1. The van der Waals surface area contributed by atoms with Crippen molar-refractivity contribution >= 4 is 35.1 Å². The van der Waals surface area contributed by atoms with E-state index in [2.05, 4.69) is 27.4 Å². The first kappa shape index (κ1) is 20.2. The molecule has 2 heterocycles. The van der Waals surface area contributed by atoms with Gasteiger partial charge in [-0.1, -0.05) is 84.0 Å². The van der Waals surface area contributed by atoms with E-state index >= 15 is 0 Å². The summed E-state index contributed by atoms with van der Waals surface area (Å²) in [6, 6.07) is 23.6. The SMILES string of the molecule is O=C(CCSc1nc(-c2ccccc2)c(-c2ccccc2)[nH]1)Nc1ccc(Cl)cn1. The number of rotatable bonds is 7. The molecule has 4 aromatic rings. The molecule has 0 aliphatic rings. The van der Waals surface area contributed by atoms with E-state index in [1.807, 2.05) is 48.5 Å². The standard InChI is InChI=1S/C23H19ClN4OS/c24-18-11-12-19(25-15-18)26-20(29)13-14-30-23-27-21(16-7-3-1-4-8-16)22(28-23)17-9-5-2-6-10-17/h1-12,15H,13-14H2,(H,27,28)(H,25,26,29). The molecule has 0 aliphatic carbocycles. The molecule has 5 nitrogen and oxygen atoms in total. The van der Waals surface area contributed by atoms with E-state index in [9.17, 15) is 4.79 Å². The van der Waals surface area contributed by atoms with Crippen LogP contribution in [0.2, 0.25) is 5.02 Å². The van der Waals surface area contributed by atoms with Crippen LogP contribution in [0.5, 0.6) is 0 Å². The maximum atomic E-state index is 12.2. The summed E-state index contributed by atoms with van der Waals surface area (Å²) in [5, 5.41) is 4.09. The van der Waals surface area contributed by atoms with E-state index in [4.69, 9.17) is 16.6 Å². The molecule has 0 bridgehead atoms. The fraction of sp³-hybridized carbons (Fsp3) is 0.0870. The molecule has 30 heavy (non-hydrogen) atoms. The summed E-state index contributed by atoms with van der Waals surface area (Å²) in [4.78, 5) is 24.5. The van der Waals surface area contributed by atoms with Crippen LogP contribution in [0.25, 0.3) is 22.5 Å². The van der Waals surface area contributed by atoms with E-state index in [1.165, 1.54) is 18.0 Å². The zero-order valence-electron chi connectivity index (χ0n) is 16.0. The highest BCUT2D eigenvalue weighted by Crippen LogP contribution is 2.32. The number of aromatic amines is 1. The fourth-order valence-electron chi connectivity index (χ4n) is 2.93. The molecule has 0 fully saturated rings. The minimum atomic E-state index is -0.101. The molecule has 2 aromatic carbocycles. The molecular formula is C23H19ClN4OS. The summed E-state index contributed by atoms with van der Waals surface area (Å²) in [6.45, 7) is 0. The molecule has 2 N–H and O–H groups in total. The van der Waals surface area contributed by atoms with Gasteiger partial charge in [-0.15, -0.1) is 0 Å². The predicted molar refractivity (Wildman–Crippen MR) is 123 cm³/mol. The number of hydrogen-bond donors (Lipinski definition) is 2. The lowest BCUT2D eigenvalue weighted by molar-refractivity contribution is -0.115. The number of thioether (sulfide) groups is 1. The van der Waals surface area contributed by atoms with Crippen LogP contribution in [0.3, 0.4) is 0 Å². The van der Waals surface area contributed by atoms with Gasteiger partial charge in [0.15, 0.2) is 5.16 Å². The molecule has 150 valence electrons. The second-order valence-electron chi connectivity index (χ2n) is 6.51. The van der Waals surface area contributed by atoms with Crippen LogP contribution in [0.15, 0.2) is 84.1 Å². The van der Waals surface area contributed by atoms with Crippen molar-refractivity contribution in [1.29, 1.82) is 0 Å². The lowest BCUT2D eigenvalue weighted by Gasteiger charge is -2.03. The Hall–Kier alpha value is -3.09. The quantitative estimate of drug-likeness (QED) is 0.354. The number of benzene rings is 2. The van der Waals surface area contributed by atoms with Crippen LogP contribution in [-0.2, 0) is 4.79 Å². The molecule has 4 rings (SSSR count). The van der Waals surface area contributed by atoms with Crippen LogP contribution in [-0.4, -0.2) is 26.6 Å². The molecule has 1 amide bonds. The number of pyridine rings is 1. The zero-order valence-corrected chi connectivity index (χ0v) is 17.6. The largest absolute Gasteiger partial charge is 0.332 e. The first-order chi connectivity index (χ1) is 14.7. The Labute approximate surface area is 183 Å². The topological polar surface area (TPSA) is 70.7 Å². The zero-order chi connectivity index (χ0) is 20.8. The van der Waals surface area contributed by atoms with Gasteiger partial charge in [0.1, 0.15) is 5.82 Å². The minimum absolute atomic E-state index is 0.101. The van der Waals surface area contributed by atoms with Gasteiger partial charge < -0.3 is 10.3 Å². The maximum absolute atomic E-state index is 12.2. The number of imidazole rings is 1. The Balaban J connectivity index is 1.45. The lowest BCUT2D eigenvalue weighted by Crippen LogP contribution is -2.13. The van der Waals surface area contributed by atoms with Crippen molar-refractivity contribution in [2.45, 2.75) is 11.6 Å². The van der Waals surface area contributed by atoms with Gasteiger partial charge in [-0.3, -0.25) is 4.79 Å². The van der Waals surface area contributed by atoms with Crippen molar-refractivity contribution < 1.29 is 4.79 Å². The van der Waals surface area contributed by atoms with Gasteiger partial charge in [0, 0.05) is 29.5 Å². The predicted octanol–water partition coefficient (Wildman–Crippen LogP) is 5.91. The number of nitrogens with zero attached hydrogens (tertiary/aromatic N) is 2. The van der Waals surface area contributed by atoms with Crippen molar-refractivity contribution in [1.82, 2.24) is 15.0 Å². The number of H-pyrrole nitrogens is 1. The van der Waals surface area contributed by atoms with E-state index in [1.54, 1.807) is 12.1 Å². The molecular weight excluding hydrogens is 416 g/mol. The third kappa shape index (κ3) is 5.09. The Morgan fingerprint density at radius 2 is 1.67 bits per heavy atom.